The maximum atomic E-state index is 13.8. The van der Waals surface area contributed by atoms with Crippen LogP contribution < -0.4 is 0 Å². The average molecular weight is 269 g/mol. The van der Waals surface area contributed by atoms with Crippen LogP contribution in [0.1, 0.15) is 31.9 Å². The van der Waals surface area contributed by atoms with Crippen LogP contribution in [0.25, 0.3) is 0 Å². The van der Waals surface area contributed by atoms with Gasteiger partial charge in [0.1, 0.15) is 6.04 Å². The normalized spacial score (nSPS) is 25.5. The summed E-state index contributed by atoms with van der Waals surface area (Å²) >= 11 is 0. The van der Waals surface area contributed by atoms with E-state index in [2.05, 4.69) is 0 Å². The Morgan fingerprint density at radius 2 is 2.16 bits per heavy atom. The van der Waals surface area contributed by atoms with Crippen LogP contribution in [-0.4, -0.2) is 28.6 Å². The highest BCUT2D eigenvalue weighted by Crippen LogP contribution is 2.34. The SMILES string of the molecule is CC1CCN(C(C)c2cccc(F)c2F)C1C(=O)O. The van der Waals surface area contributed by atoms with Crippen molar-refractivity contribution in [2.75, 3.05) is 6.54 Å². The van der Waals surface area contributed by atoms with Gasteiger partial charge in [0.2, 0.25) is 0 Å². The number of nitrogens with zero attached hydrogens (tertiary/aromatic N) is 1. The van der Waals surface area contributed by atoms with Gasteiger partial charge >= 0.3 is 5.97 Å². The fraction of sp³-hybridized carbons (Fsp3) is 0.500. The van der Waals surface area contributed by atoms with Gasteiger partial charge in [-0.3, -0.25) is 9.69 Å². The fourth-order valence-electron chi connectivity index (χ4n) is 2.82. The van der Waals surface area contributed by atoms with Crippen LogP contribution in [0.2, 0.25) is 0 Å². The Morgan fingerprint density at radius 1 is 1.47 bits per heavy atom. The summed E-state index contributed by atoms with van der Waals surface area (Å²) in [4.78, 5) is 13.0. The maximum Gasteiger partial charge on any atom is 0.321 e. The van der Waals surface area contributed by atoms with E-state index in [0.29, 0.717) is 6.54 Å². The van der Waals surface area contributed by atoms with Crippen molar-refractivity contribution in [3.63, 3.8) is 0 Å². The lowest BCUT2D eigenvalue weighted by Crippen LogP contribution is -2.40. The molecule has 1 saturated heterocycles. The summed E-state index contributed by atoms with van der Waals surface area (Å²) in [6.07, 6.45) is 0.748. The third-order valence-corrected chi connectivity index (χ3v) is 3.92. The fourth-order valence-corrected chi connectivity index (χ4v) is 2.82. The molecular formula is C14H17F2NO2. The Hall–Kier alpha value is -1.49. The van der Waals surface area contributed by atoms with E-state index >= 15 is 0 Å². The van der Waals surface area contributed by atoms with Crippen molar-refractivity contribution in [1.29, 1.82) is 0 Å². The summed E-state index contributed by atoms with van der Waals surface area (Å²) < 4.78 is 27.0. The number of hydrogen-bond acceptors (Lipinski definition) is 2. The maximum absolute atomic E-state index is 13.8. The predicted molar refractivity (Wildman–Crippen MR) is 66.7 cm³/mol. The van der Waals surface area contributed by atoms with Gasteiger partial charge in [0.15, 0.2) is 11.6 Å². The van der Waals surface area contributed by atoms with E-state index in [0.717, 1.165) is 12.5 Å². The molecule has 5 heteroatoms. The van der Waals surface area contributed by atoms with Gasteiger partial charge in [-0.15, -0.1) is 0 Å². The van der Waals surface area contributed by atoms with Crippen molar-refractivity contribution >= 4 is 5.97 Å². The average Bonchev–Trinajstić information content (AvgIpc) is 2.74. The van der Waals surface area contributed by atoms with Crippen LogP contribution >= 0.6 is 0 Å². The summed E-state index contributed by atoms with van der Waals surface area (Å²) in [5, 5.41) is 9.26. The molecule has 1 aromatic carbocycles. The second-order valence-electron chi connectivity index (χ2n) is 5.11. The summed E-state index contributed by atoms with van der Waals surface area (Å²) in [7, 11) is 0. The third-order valence-electron chi connectivity index (χ3n) is 3.92. The van der Waals surface area contributed by atoms with Crippen LogP contribution in [0, 0.1) is 17.6 Å². The number of halogens is 2. The first-order valence-electron chi connectivity index (χ1n) is 6.36. The largest absolute Gasteiger partial charge is 0.480 e. The van der Waals surface area contributed by atoms with E-state index < -0.39 is 29.7 Å². The summed E-state index contributed by atoms with van der Waals surface area (Å²) in [5.74, 6) is -2.69. The molecule has 3 atom stereocenters. The first kappa shape index (κ1) is 13.9. The number of likely N-dealkylation sites (tertiary alicyclic amines) is 1. The second kappa shape index (κ2) is 5.25. The number of hydrogen-bond donors (Lipinski definition) is 1. The van der Waals surface area contributed by atoms with Gasteiger partial charge in [0.05, 0.1) is 0 Å². The second-order valence-corrected chi connectivity index (χ2v) is 5.11. The summed E-state index contributed by atoms with van der Waals surface area (Å²) in [5.41, 5.74) is 0.209. The van der Waals surface area contributed by atoms with Crippen LogP contribution in [0.4, 0.5) is 8.78 Å². The molecule has 0 aliphatic carbocycles. The molecule has 3 unspecified atom stereocenters. The minimum atomic E-state index is -0.909. The van der Waals surface area contributed by atoms with Gasteiger partial charge in [-0.1, -0.05) is 19.1 Å². The number of rotatable bonds is 3. The molecule has 104 valence electrons. The van der Waals surface area contributed by atoms with Crippen LogP contribution in [0.15, 0.2) is 18.2 Å². The van der Waals surface area contributed by atoms with Gasteiger partial charge < -0.3 is 5.11 Å². The number of benzene rings is 1. The van der Waals surface area contributed by atoms with Crippen molar-refractivity contribution in [2.45, 2.75) is 32.4 Å². The molecule has 0 bridgehead atoms. The molecule has 19 heavy (non-hydrogen) atoms. The molecule has 2 rings (SSSR count). The summed E-state index contributed by atoms with van der Waals surface area (Å²) in [6.45, 7) is 4.16. The minimum absolute atomic E-state index is 0.0107. The van der Waals surface area contributed by atoms with E-state index in [1.54, 1.807) is 11.8 Å². The molecule has 1 N–H and O–H groups in total. The zero-order valence-electron chi connectivity index (χ0n) is 10.9. The molecule has 0 spiro atoms. The first-order chi connectivity index (χ1) is 8.93. The molecule has 0 amide bonds. The van der Waals surface area contributed by atoms with Crippen LogP contribution in [0.3, 0.4) is 0 Å². The Bertz CT molecular complexity index is 492. The lowest BCUT2D eigenvalue weighted by molar-refractivity contribution is -0.144. The predicted octanol–water partition coefficient (Wildman–Crippen LogP) is 2.82. The molecule has 3 nitrogen and oxygen atoms in total. The Morgan fingerprint density at radius 3 is 2.79 bits per heavy atom. The Balaban J connectivity index is 2.31. The monoisotopic (exact) mass is 269 g/mol. The van der Waals surface area contributed by atoms with Gasteiger partial charge in [0.25, 0.3) is 0 Å². The van der Waals surface area contributed by atoms with E-state index in [9.17, 15) is 18.7 Å². The molecular weight excluding hydrogens is 252 g/mol. The lowest BCUT2D eigenvalue weighted by atomic mass is 10.0. The Kier molecular flexibility index (Phi) is 3.85. The highest BCUT2D eigenvalue weighted by atomic mass is 19.2. The quantitative estimate of drug-likeness (QED) is 0.917. The van der Waals surface area contributed by atoms with Gasteiger partial charge in [-0.05, 0) is 31.9 Å². The molecule has 1 heterocycles. The zero-order valence-corrected chi connectivity index (χ0v) is 10.9. The topological polar surface area (TPSA) is 40.5 Å². The number of carboxylic acids is 1. The van der Waals surface area contributed by atoms with E-state index in [1.165, 1.54) is 12.1 Å². The zero-order chi connectivity index (χ0) is 14.2. The Labute approximate surface area is 110 Å². The van der Waals surface area contributed by atoms with Gasteiger partial charge in [0, 0.05) is 11.6 Å². The smallest absolute Gasteiger partial charge is 0.321 e. The number of carboxylic acid groups (broad SMARTS) is 1. The van der Waals surface area contributed by atoms with Crippen molar-refractivity contribution < 1.29 is 18.7 Å². The molecule has 1 aliphatic heterocycles. The number of aliphatic carboxylic acids is 1. The molecule has 0 saturated carbocycles. The van der Waals surface area contributed by atoms with Crippen molar-refractivity contribution in [1.82, 2.24) is 4.90 Å². The van der Waals surface area contributed by atoms with E-state index in [-0.39, 0.29) is 11.5 Å². The highest BCUT2D eigenvalue weighted by molar-refractivity contribution is 5.74. The van der Waals surface area contributed by atoms with Crippen molar-refractivity contribution in [3.8, 4) is 0 Å². The third kappa shape index (κ3) is 2.47. The first-order valence-corrected chi connectivity index (χ1v) is 6.36. The van der Waals surface area contributed by atoms with Crippen LogP contribution in [-0.2, 0) is 4.79 Å². The van der Waals surface area contributed by atoms with Crippen molar-refractivity contribution in [2.24, 2.45) is 5.92 Å². The van der Waals surface area contributed by atoms with Crippen molar-refractivity contribution in [3.05, 3.63) is 35.4 Å². The molecule has 1 aliphatic rings. The minimum Gasteiger partial charge on any atom is -0.480 e. The van der Waals surface area contributed by atoms with Crippen LogP contribution in [0.5, 0.6) is 0 Å². The standard InChI is InChI=1S/C14H17F2NO2/c1-8-6-7-17(13(8)14(18)19)9(2)10-4-3-5-11(15)12(10)16/h3-5,8-9,13H,6-7H2,1-2H3,(H,18,19). The number of carbonyl (C=O) groups is 1. The van der Waals surface area contributed by atoms with Gasteiger partial charge in [-0.2, -0.15) is 0 Å². The highest BCUT2D eigenvalue weighted by Gasteiger charge is 2.40. The molecule has 0 aromatic heterocycles. The van der Waals surface area contributed by atoms with E-state index in [1.807, 2.05) is 6.92 Å². The van der Waals surface area contributed by atoms with Gasteiger partial charge in [-0.25, -0.2) is 8.78 Å². The lowest BCUT2D eigenvalue weighted by Gasteiger charge is -2.30. The molecule has 1 fully saturated rings. The van der Waals surface area contributed by atoms with E-state index in [4.69, 9.17) is 0 Å². The molecule has 1 aromatic rings. The molecule has 0 radical (unpaired) electrons. The summed E-state index contributed by atoms with van der Waals surface area (Å²) in [6, 6.07) is 2.91.